The molecule has 0 spiro atoms. The lowest BCUT2D eigenvalue weighted by Gasteiger charge is -2.35. The Kier molecular flexibility index (Phi) is 3.15. The maximum Gasteiger partial charge on any atom is 0.178 e. The van der Waals surface area contributed by atoms with Crippen LogP contribution in [-0.4, -0.2) is 10.7 Å². The van der Waals surface area contributed by atoms with E-state index in [1.54, 1.807) is 0 Å². The third-order valence-electron chi connectivity index (χ3n) is 2.72. The molecule has 0 aromatic heterocycles. The molecule has 0 fully saturated rings. The lowest BCUT2D eigenvalue weighted by molar-refractivity contribution is 0.566. The Bertz CT molecular complexity index is 494. The van der Waals surface area contributed by atoms with Crippen molar-refractivity contribution in [3.05, 3.63) is 41.1 Å². The predicted molar refractivity (Wildman–Crippen MR) is 77.6 cm³/mol. The lowest BCUT2D eigenvalue weighted by Crippen LogP contribution is -2.51. The summed E-state index contributed by atoms with van der Waals surface area (Å²) in [6.07, 6.45) is 4.08. The van der Waals surface area contributed by atoms with Gasteiger partial charge in [-0.05, 0) is 56.8 Å². The van der Waals surface area contributed by atoms with Gasteiger partial charge in [-0.1, -0.05) is 17.7 Å². The van der Waals surface area contributed by atoms with Gasteiger partial charge in [-0.3, -0.25) is 4.90 Å². The number of halogens is 1. The second-order valence-corrected chi connectivity index (χ2v) is 5.59. The van der Waals surface area contributed by atoms with E-state index in [0.29, 0.717) is 10.1 Å². The van der Waals surface area contributed by atoms with Crippen molar-refractivity contribution in [1.82, 2.24) is 5.32 Å². The van der Waals surface area contributed by atoms with E-state index in [-0.39, 0.29) is 5.54 Å². The monoisotopic (exact) mass is 266 g/mol. The molecule has 0 unspecified atom stereocenters. The maximum absolute atomic E-state index is 6.03. The molecule has 90 valence electrons. The molecule has 2 nitrogen and oxygen atoms in total. The molecule has 1 aromatic rings. The Morgan fingerprint density at radius 2 is 2.06 bits per heavy atom. The summed E-state index contributed by atoms with van der Waals surface area (Å²) in [6, 6.07) is 5.80. The summed E-state index contributed by atoms with van der Waals surface area (Å²) < 4.78 is 0. The van der Waals surface area contributed by atoms with Crippen LogP contribution < -0.4 is 10.2 Å². The first kappa shape index (κ1) is 12.4. The van der Waals surface area contributed by atoms with E-state index in [0.717, 1.165) is 11.3 Å². The second-order valence-electron chi connectivity index (χ2n) is 4.77. The summed E-state index contributed by atoms with van der Waals surface area (Å²) in [5, 5.41) is 4.69. The maximum atomic E-state index is 6.03. The van der Waals surface area contributed by atoms with Gasteiger partial charge in [0.2, 0.25) is 0 Å². The third kappa shape index (κ3) is 2.61. The second kappa shape index (κ2) is 4.31. The zero-order chi connectivity index (χ0) is 12.6. The van der Waals surface area contributed by atoms with E-state index in [9.17, 15) is 0 Å². The van der Waals surface area contributed by atoms with E-state index in [2.05, 4.69) is 25.2 Å². The average molecular weight is 267 g/mol. The van der Waals surface area contributed by atoms with Gasteiger partial charge in [0.1, 0.15) is 0 Å². The van der Waals surface area contributed by atoms with Crippen LogP contribution in [0.1, 0.15) is 19.4 Å². The molecule has 0 amide bonds. The van der Waals surface area contributed by atoms with Crippen LogP contribution in [0.5, 0.6) is 0 Å². The average Bonchev–Trinajstić information content (AvgIpc) is 2.21. The van der Waals surface area contributed by atoms with Crippen LogP contribution in [0.4, 0.5) is 5.69 Å². The molecule has 0 saturated heterocycles. The largest absolute Gasteiger partial charge is 0.354 e. The molecule has 0 atom stereocenters. The minimum Gasteiger partial charge on any atom is -0.354 e. The Balaban J connectivity index is 2.41. The van der Waals surface area contributed by atoms with E-state index >= 15 is 0 Å². The fourth-order valence-electron chi connectivity index (χ4n) is 1.74. The van der Waals surface area contributed by atoms with Crippen LogP contribution in [0.2, 0.25) is 5.02 Å². The van der Waals surface area contributed by atoms with Gasteiger partial charge in [-0.15, -0.1) is 0 Å². The molecular weight excluding hydrogens is 252 g/mol. The Hall–Kier alpha value is -1.06. The zero-order valence-electron chi connectivity index (χ0n) is 10.1. The van der Waals surface area contributed by atoms with Gasteiger partial charge in [0, 0.05) is 11.2 Å². The van der Waals surface area contributed by atoms with Crippen LogP contribution in [0, 0.1) is 6.92 Å². The normalized spacial score (nSPS) is 18.1. The number of nitrogens with zero attached hydrogens (tertiary/aromatic N) is 1. The number of anilines is 1. The molecule has 4 heteroatoms. The van der Waals surface area contributed by atoms with Gasteiger partial charge >= 0.3 is 0 Å². The Morgan fingerprint density at radius 1 is 1.35 bits per heavy atom. The molecule has 1 aliphatic heterocycles. The van der Waals surface area contributed by atoms with Crippen LogP contribution in [0.15, 0.2) is 30.5 Å². The van der Waals surface area contributed by atoms with E-state index in [1.807, 2.05) is 36.2 Å². The topological polar surface area (TPSA) is 15.3 Å². The van der Waals surface area contributed by atoms with Crippen molar-refractivity contribution < 1.29 is 0 Å². The molecule has 0 aliphatic carbocycles. The highest BCUT2D eigenvalue weighted by Crippen LogP contribution is 2.27. The van der Waals surface area contributed by atoms with Crippen LogP contribution in [-0.2, 0) is 0 Å². The smallest absolute Gasteiger partial charge is 0.178 e. The first-order chi connectivity index (χ1) is 7.89. The number of benzene rings is 1. The molecule has 0 bridgehead atoms. The molecule has 0 saturated carbocycles. The summed E-state index contributed by atoms with van der Waals surface area (Å²) in [5.41, 5.74) is 2.06. The zero-order valence-corrected chi connectivity index (χ0v) is 11.7. The molecular formula is C13H15ClN2S. The van der Waals surface area contributed by atoms with E-state index in [1.165, 1.54) is 0 Å². The summed E-state index contributed by atoms with van der Waals surface area (Å²) in [4.78, 5) is 1.95. The first-order valence-corrected chi connectivity index (χ1v) is 6.24. The van der Waals surface area contributed by atoms with Gasteiger partial charge in [-0.2, -0.15) is 0 Å². The summed E-state index contributed by atoms with van der Waals surface area (Å²) in [5.74, 6) is 0. The fourth-order valence-corrected chi connectivity index (χ4v) is 2.33. The molecule has 1 aliphatic rings. The van der Waals surface area contributed by atoms with Crippen molar-refractivity contribution in [3.63, 3.8) is 0 Å². The van der Waals surface area contributed by atoms with Gasteiger partial charge in [-0.25, -0.2) is 0 Å². The number of nitrogens with one attached hydrogen (secondary N) is 1. The lowest BCUT2D eigenvalue weighted by atomic mass is 10.0. The number of hydrogen-bond acceptors (Lipinski definition) is 1. The van der Waals surface area contributed by atoms with Crippen molar-refractivity contribution in [3.8, 4) is 0 Å². The highest BCUT2D eigenvalue weighted by molar-refractivity contribution is 7.80. The number of aryl methyl sites for hydroxylation is 1. The van der Waals surface area contributed by atoms with Gasteiger partial charge in [0.25, 0.3) is 0 Å². The van der Waals surface area contributed by atoms with Gasteiger partial charge < -0.3 is 5.32 Å². The van der Waals surface area contributed by atoms with Crippen molar-refractivity contribution >= 4 is 34.6 Å². The molecule has 1 aromatic carbocycles. The highest BCUT2D eigenvalue weighted by Gasteiger charge is 2.24. The number of hydrogen-bond donors (Lipinski definition) is 1. The standard InChI is InChI=1S/C13H15ClN2S/c1-9-4-5-10(14)8-11(9)16-7-6-13(2,3)15-12(16)17/h4-8H,1-3H3,(H,15,17). The minimum atomic E-state index is -0.0972. The first-order valence-electron chi connectivity index (χ1n) is 5.46. The highest BCUT2D eigenvalue weighted by atomic mass is 35.5. The van der Waals surface area contributed by atoms with Crippen LogP contribution in [0.25, 0.3) is 0 Å². The minimum absolute atomic E-state index is 0.0972. The SMILES string of the molecule is Cc1ccc(Cl)cc1N1C=CC(C)(C)NC1=S. The van der Waals surface area contributed by atoms with Gasteiger partial charge in [0.05, 0.1) is 11.2 Å². The van der Waals surface area contributed by atoms with Crippen LogP contribution in [0.3, 0.4) is 0 Å². The van der Waals surface area contributed by atoms with Crippen molar-refractivity contribution in [2.75, 3.05) is 4.90 Å². The number of rotatable bonds is 1. The molecule has 1 N–H and O–H groups in total. The quantitative estimate of drug-likeness (QED) is 0.782. The number of thiocarbonyl (C=S) groups is 1. The summed E-state index contributed by atoms with van der Waals surface area (Å²) in [6.45, 7) is 6.21. The third-order valence-corrected chi connectivity index (χ3v) is 3.25. The fraction of sp³-hybridized carbons (Fsp3) is 0.308. The molecule has 1 heterocycles. The summed E-state index contributed by atoms with van der Waals surface area (Å²) in [7, 11) is 0. The molecule has 17 heavy (non-hydrogen) atoms. The van der Waals surface area contributed by atoms with E-state index in [4.69, 9.17) is 23.8 Å². The Labute approximate surface area is 112 Å². The Morgan fingerprint density at radius 3 is 2.71 bits per heavy atom. The van der Waals surface area contributed by atoms with Crippen LogP contribution >= 0.6 is 23.8 Å². The van der Waals surface area contributed by atoms with Crippen molar-refractivity contribution in [1.29, 1.82) is 0 Å². The van der Waals surface area contributed by atoms with Crippen molar-refractivity contribution in [2.24, 2.45) is 0 Å². The molecule has 0 radical (unpaired) electrons. The van der Waals surface area contributed by atoms with Gasteiger partial charge in [0.15, 0.2) is 5.11 Å². The van der Waals surface area contributed by atoms with E-state index < -0.39 is 0 Å². The molecule has 2 rings (SSSR count). The predicted octanol–water partition coefficient (Wildman–Crippen LogP) is 3.64. The summed E-state index contributed by atoms with van der Waals surface area (Å²) >= 11 is 11.4. The van der Waals surface area contributed by atoms with Crippen molar-refractivity contribution in [2.45, 2.75) is 26.3 Å².